The number of hydrogen-bond acceptors (Lipinski definition) is 4. The number of ether oxygens (including phenoxy) is 2. The van der Waals surface area contributed by atoms with Crippen molar-refractivity contribution in [3.8, 4) is 17.4 Å². The molecule has 0 radical (unpaired) electrons. The van der Waals surface area contributed by atoms with E-state index in [4.69, 9.17) is 21.1 Å². The Bertz CT molecular complexity index is 762. The van der Waals surface area contributed by atoms with E-state index in [1.165, 1.54) is 13.4 Å². The average molecular weight is 287 g/mol. The van der Waals surface area contributed by atoms with Crippen LogP contribution in [0.2, 0.25) is 5.15 Å². The van der Waals surface area contributed by atoms with Gasteiger partial charge in [-0.1, -0.05) is 41.9 Å². The van der Waals surface area contributed by atoms with Crippen LogP contribution in [0.1, 0.15) is 0 Å². The fourth-order valence-corrected chi connectivity index (χ4v) is 2.13. The van der Waals surface area contributed by atoms with Crippen LogP contribution in [-0.2, 0) is 0 Å². The van der Waals surface area contributed by atoms with Crippen molar-refractivity contribution in [3.63, 3.8) is 0 Å². The van der Waals surface area contributed by atoms with Gasteiger partial charge in [-0.05, 0) is 22.9 Å². The molecule has 0 bridgehead atoms. The zero-order valence-corrected chi connectivity index (χ0v) is 11.5. The first kappa shape index (κ1) is 12.7. The van der Waals surface area contributed by atoms with Gasteiger partial charge in [-0.2, -0.15) is 4.98 Å². The quantitative estimate of drug-likeness (QED) is 0.680. The molecule has 4 nitrogen and oxygen atoms in total. The van der Waals surface area contributed by atoms with Gasteiger partial charge in [-0.3, -0.25) is 0 Å². The summed E-state index contributed by atoms with van der Waals surface area (Å²) in [6, 6.07) is 13.8. The van der Waals surface area contributed by atoms with Gasteiger partial charge in [0.05, 0.1) is 7.11 Å². The van der Waals surface area contributed by atoms with E-state index < -0.39 is 0 Å². The molecule has 100 valence electrons. The maximum Gasteiger partial charge on any atom is 0.267 e. The summed E-state index contributed by atoms with van der Waals surface area (Å²) >= 11 is 5.93. The Kier molecular flexibility index (Phi) is 3.39. The highest BCUT2D eigenvalue weighted by molar-refractivity contribution is 6.31. The summed E-state index contributed by atoms with van der Waals surface area (Å²) in [7, 11) is 1.50. The lowest BCUT2D eigenvalue weighted by Gasteiger charge is -2.10. The molecule has 0 amide bonds. The van der Waals surface area contributed by atoms with E-state index in [1.807, 2.05) is 42.5 Å². The van der Waals surface area contributed by atoms with Gasteiger partial charge in [-0.25, -0.2) is 4.98 Å². The van der Waals surface area contributed by atoms with E-state index >= 15 is 0 Å². The second kappa shape index (κ2) is 5.35. The smallest absolute Gasteiger partial charge is 0.267 e. The third-order valence-corrected chi connectivity index (χ3v) is 3.14. The molecule has 0 aliphatic carbocycles. The number of halogens is 1. The van der Waals surface area contributed by atoms with E-state index in [1.54, 1.807) is 0 Å². The van der Waals surface area contributed by atoms with Gasteiger partial charge in [0.1, 0.15) is 12.1 Å². The number of fused-ring (bicyclic) bond motifs is 1. The molecule has 0 saturated carbocycles. The Morgan fingerprint density at radius 2 is 1.80 bits per heavy atom. The predicted molar refractivity (Wildman–Crippen MR) is 77.6 cm³/mol. The van der Waals surface area contributed by atoms with Gasteiger partial charge in [0.15, 0.2) is 5.15 Å². The highest BCUT2D eigenvalue weighted by Gasteiger charge is 2.12. The van der Waals surface area contributed by atoms with Gasteiger partial charge in [0.2, 0.25) is 5.75 Å². The molecule has 1 aromatic heterocycles. The molecule has 0 unspecified atom stereocenters. The fourth-order valence-electron chi connectivity index (χ4n) is 1.92. The Hall–Kier alpha value is -2.33. The molecule has 2 aromatic carbocycles. The summed E-state index contributed by atoms with van der Waals surface area (Å²) in [4.78, 5) is 7.89. The zero-order chi connectivity index (χ0) is 13.9. The second-order valence-corrected chi connectivity index (χ2v) is 4.47. The van der Waals surface area contributed by atoms with Crippen LogP contribution in [0.4, 0.5) is 0 Å². The zero-order valence-electron chi connectivity index (χ0n) is 10.7. The van der Waals surface area contributed by atoms with E-state index in [-0.39, 0.29) is 5.15 Å². The molecule has 0 aliphatic rings. The molecule has 0 saturated heterocycles. The summed E-state index contributed by atoms with van der Waals surface area (Å²) in [5, 5.41) is 2.45. The lowest BCUT2D eigenvalue weighted by atomic mass is 10.1. The van der Waals surface area contributed by atoms with Crippen molar-refractivity contribution in [1.82, 2.24) is 9.97 Å². The summed E-state index contributed by atoms with van der Waals surface area (Å²) < 4.78 is 10.9. The van der Waals surface area contributed by atoms with E-state index in [0.717, 1.165) is 10.8 Å². The summed E-state index contributed by atoms with van der Waals surface area (Å²) in [6.07, 6.45) is 1.33. The summed E-state index contributed by atoms with van der Waals surface area (Å²) in [5.74, 6) is 1.28. The fraction of sp³-hybridized carbons (Fsp3) is 0.0667. The van der Waals surface area contributed by atoms with Crippen LogP contribution in [-0.4, -0.2) is 17.1 Å². The SMILES string of the molecule is COc1c(Cl)ncnc1Oc1ccc2ccccc2c1. The largest absolute Gasteiger partial charge is 0.489 e. The molecule has 3 aromatic rings. The molecular formula is C15H11ClN2O2. The van der Waals surface area contributed by atoms with E-state index in [0.29, 0.717) is 17.4 Å². The predicted octanol–water partition coefficient (Wildman–Crippen LogP) is 4.08. The summed E-state index contributed by atoms with van der Waals surface area (Å²) in [6.45, 7) is 0. The van der Waals surface area contributed by atoms with Crippen molar-refractivity contribution < 1.29 is 9.47 Å². The number of hydrogen-bond donors (Lipinski definition) is 0. The second-order valence-electron chi connectivity index (χ2n) is 4.11. The van der Waals surface area contributed by atoms with Crippen molar-refractivity contribution in [2.45, 2.75) is 0 Å². The van der Waals surface area contributed by atoms with Crippen LogP contribution < -0.4 is 9.47 Å². The first-order chi connectivity index (χ1) is 9.78. The van der Waals surface area contributed by atoms with Crippen LogP contribution in [0, 0.1) is 0 Å². The molecule has 0 aliphatic heterocycles. The molecule has 0 N–H and O–H groups in total. The van der Waals surface area contributed by atoms with Crippen LogP contribution in [0.5, 0.6) is 17.4 Å². The average Bonchev–Trinajstić information content (AvgIpc) is 2.47. The third kappa shape index (κ3) is 2.38. The number of aromatic nitrogens is 2. The summed E-state index contributed by atoms with van der Waals surface area (Å²) in [5.41, 5.74) is 0. The number of benzene rings is 2. The molecular weight excluding hydrogens is 276 g/mol. The minimum Gasteiger partial charge on any atom is -0.489 e. The van der Waals surface area contributed by atoms with Gasteiger partial charge in [0, 0.05) is 0 Å². The lowest BCUT2D eigenvalue weighted by Crippen LogP contribution is -1.95. The molecule has 0 spiro atoms. The Balaban J connectivity index is 1.99. The topological polar surface area (TPSA) is 44.2 Å². The number of nitrogens with zero attached hydrogens (tertiary/aromatic N) is 2. The van der Waals surface area contributed by atoms with E-state index in [2.05, 4.69) is 9.97 Å². The number of methoxy groups -OCH3 is 1. The third-order valence-electron chi connectivity index (χ3n) is 2.87. The molecule has 5 heteroatoms. The van der Waals surface area contributed by atoms with Gasteiger partial charge < -0.3 is 9.47 Å². The number of rotatable bonds is 3. The van der Waals surface area contributed by atoms with E-state index in [9.17, 15) is 0 Å². The first-order valence-electron chi connectivity index (χ1n) is 5.99. The van der Waals surface area contributed by atoms with Crippen molar-refractivity contribution >= 4 is 22.4 Å². The molecule has 20 heavy (non-hydrogen) atoms. The van der Waals surface area contributed by atoms with Crippen LogP contribution in [0.25, 0.3) is 10.8 Å². The lowest BCUT2D eigenvalue weighted by molar-refractivity contribution is 0.367. The molecule has 1 heterocycles. The normalized spacial score (nSPS) is 10.5. The maximum absolute atomic E-state index is 5.93. The molecule has 0 fully saturated rings. The Labute approximate surface area is 121 Å². The Morgan fingerprint density at radius 1 is 1.00 bits per heavy atom. The first-order valence-corrected chi connectivity index (χ1v) is 6.37. The maximum atomic E-state index is 5.93. The van der Waals surface area contributed by atoms with Crippen molar-refractivity contribution in [2.24, 2.45) is 0 Å². The van der Waals surface area contributed by atoms with Gasteiger partial charge in [-0.15, -0.1) is 0 Å². The Morgan fingerprint density at radius 3 is 2.60 bits per heavy atom. The highest BCUT2D eigenvalue weighted by Crippen LogP contribution is 2.34. The minimum absolute atomic E-state index is 0.221. The monoisotopic (exact) mass is 286 g/mol. The molecule has 3 rings (SSSR count). The van der Waals surface area contributed by atoms with Crippen LogP contribution in [0.15, 0.2) is 48.8 Å². The van der Waals surface area contributed by atoms with Gasteiger partial charge in [0.25, 0.3) is 5.88 Å². The van der Waals surface area contributed by atoms with Gasteiger partial charge >= 0.3 is 0 Å². The van der Waals surface area contributed by atoms with Crippen LogP contribution in [0.3, 0.4) is 0 Å². The van der Waals surface area contributed by atoms with Crippen molar-refractivity contribution in [3.05, 3.63) is 53.9 Å². The van der Waals surface area contributed by atoms with Crippen LogP contribution >= 0.6 is 11.6 Å². The minimum atomic E-state index is 0.221. The highest BCUT2D eigenvalue weighted by atomic mass is 35.5. The standard InChI is InChI=1S/C15H11ClN2O2/c1-19-13-14(16)17-9-18-15(13)20-12-7-6-10-4-2-3-5-11(10)8-12/h2-9H,1H3. The van der Waals surface area contributed by atoms with Crippen molar-refractivity contribution in [1.29, 1.82) is 0 Å². The molecule has 0 atom stereocenters. The van der Waals surface area contributed by atoms with Crippen molar-refractivity contribution in [2.75, 3.05) is 7.11 Å².